The Morgan fingerprint density at radius 1 is 1.43 bits per heavy atom. The minimum Gasteiger partial charge on any atom is -0.478 e. The molecule has 1 atom stereocenters. The van der Waals surface area contributed by atoms with E-state index in [1.54, 1.807) is 0 Å². The molecule has 1 fully saturated rings. The summed E-state index contributed by atoms with van der Waals surface area (Å²) in [4.78, 5) is 10.2. The van der Waals surface area contributed by atoms with Crippen LogP contribution in [-0.4, -0.2) is 25.5 Å². The third-order valence-corrected chi connectivity index (χ3v) is 5.53. The SMILES string of the molecule is CC1(C)CCCC1NS(=O)(=O)c1ccc(C(=O)O)cc1F. The first-order valence-corrected chi connectivity index (χ1v) is 8.17. The molecule has 0 aliphatic heterocycles. The molecule has 1 aliphatic rings. The van der Waals surface area contributed by atoms with E-state index in [-0.39, 0.29) is 17.0 Å². The molecule has 0 radical (unpaired) electrons. The van der Waals surface area contributed by atoms with Gasteiger partial charge in [0.1, 0.15) is 10.7 Å². The maximum absolute atomic E-state index is 13.9. The molecule has 0 aromatic heterocycles. The lowest BCUT2D eigenvalue weighted by molar-refractivity contribution is 0.0696. The van der Waals surface area contributed by atoms with Gasteiger partial charge in [-0.25, -0.2) is 22.3 Å². The second kappa shape index (κ2) is 5.38. The predicted octanol–water partition coefficient (Wildman–Crippen LogP) is 2.38. The molecule has 1 aromatic carbocycles. The summed E-state index contributed by atoms with van der Waals surface area (Å²) < 4.78 is 41.0. The van der Waals surface area contributed by atoms with Crippen LogP contribution in [0.25, 0.3) is 0 Å². The molecule has 1 saturated carbocycles. The van der Waals surface area contributed by atoms with Crippen LogP contribution in [0.15, 0.2) is 23.1 Å². The number of benzene rings is 1. The van der Waals surface area contributed by atoms with Crippen LogP contribution in [0.5, 0.6) is 0 Å². The van der Waals surface area contributed by atoms with Crippen LogP contribution in [0.4, 0.5) is 4.39 Å². The normalized spacial score (nSPS) is 21.4. The molecule has 0 spiro atoms. The minimum absolute atomic E-state index is 0.176. The van der Waals surface area contributed by atoms with Crippen molar-refractivity contribution >= 4 is 16.0 Å². The Balaban J connectivity index is 2.30. The number of hydrogen-bond acceptors (Lipinski definition) is 3. The van der Waals surface area contributed by atoms with Crippen molar-refractivity contribution in [3.05, 3.63) is 29.6 Å². The smallest absolute Gasteiger partial charge is 0.335 e. The lowest BCUT2D eigenvalue weighted by atomic mass is 9.88. The van der Waals surface area contributed by atoms with Gasteiger partial charge in [-0.3, -0.25) is 0 Å². The van der Waals surface area contributed by atoms with Crippen LogP contribution >= 0.6 is 0 Å². The molecular weight excluding hydrogens is 297 g/mol. The lowest BCUT2D eigenvalue weighted by Gasteiger charge is -2.27. The molecule has 0 amide bonds. The maximum atomic E-state index is 13.9. The number of halogens is 1. The molecule has 7 heteroatoms. The maximum Gasteiger partial charge on any atom is 0.335 e. The number of carboxylic acid groups (broad SMARTS) is 1. The van der Waals surface area contributed by atoms with E-state index in [0.717, 1.165) is 31.0 Å². The van der Waals surface area contributed by atoms with Crippen LogP contribution in [0.3, 0.4) is 0 Å². The molecule has 21 heavy (non-hydrogen) atoms. The van der Waals surface area contributed by atoms with E-state index in [1.165, 1.54) is 0 Å². The lowest BCUT2D eigenvalue weighted by Crippen LogP contribution is -2.41. The van der Waals surface area contributed by atoms with Gasteiger partial charge in [-0.05, 0) is 36.5 Å². The van der Waals surface area contributed by atoms with Gasteiger partial charge in [0.05, 0.1) is 5.56 Å². The Bertz CT molecular complexity index is 670. The summed E-state index contributed by atoms with van der Waals surface area (Å²) in [5.74, 6) is -2.36. The summed E-state index contributed by atoms with van der Waals surface area (Å²) >= 11 is 0. The van der Waals surface area contributed by atoms with Gasteiger partial charge in [-0.2, -0.15) is 0 Å². The monoisotopic (exact) mass is 315 g/mol. The van der Waals surface area contributed by atoms with E-state index in [4.69, 9.17) is 5.11 Å². The Morgan fingerprint density at radius 2 is 2.10 bits per heavy atom. The average molecular weight is 315 g/mol. The van der Waals surface area contributed by atoms with E-state index in [9.17, 15) is 17.6 Å². The summed E-state index contributed by atoms with van der Waals surface area (Å²) in [5, 5.41) is 8.77. The number of nitrogens with one attached hydrogen (secondary N) is 1. The molecule has 1 aliphatic carbocycles. The van der Waals surface area contributed by atoms with Gasteiger partial charge in [-0.1, -0.05) is 20.3 Å². The second-order valence-electron chi connectivity index (χ2n) is 6.01. The first-order valence-electron chi connectivity index (χ1n) is 6.69. The van der Waals surface area contributed by atoms with Crippen molar-refractivity contribution < 1.29 is 22.7 Å². The Labute approximate surface area is 123 Å². The first kappa shape index (κ1) is 15.9. The van der Waals surface area contributed by atoms with E-state index in [2.05, 4.69) is 4.72 Å². The predicted molar refractivity (Wildman–Crippen MR) is 75.1 cm³/mol. The highest BCUT2D eigenvalue weighted by Crippen LogP contribution is 2.38. The van der Waals surface area contributed by atoms with E-state index in [1.807, 2.05) is 13.8 Å². The van der Waals surface area contributed by atoms with Crippen molar-refractivity contribution in [3.63, 3.8) is 0 Å². The molecule has 0 bridgehead atoms. The first-order chi connectivity index (χ1) is 9.63. The van der Waals surface area contributed by atoms with Gasteiger partial charge in [0, 0.05) is 6.04 Å². The Kier molecular flexibility index (Phi) is 4.08. The fourth-order valence-corrected chi connectivity index (χ4v) is 4.15. The molecule has 116 valence electrons. The summed E-state index contributed by atoms with van der Waals surface area (Å²) in [5.41, 5.74) is -0.461. The summed E-state index contributed by atoms with van der Waals surface area (Å²) in [6, 6.07) is 2.54. The molecule has 5 nitrogen and oxygen atoms in total. The van der Waals surface area contributed by atoms with Gasteiger partial charge < -0.3 is 5.11 Å². The van der Waals surface area contributed by atoms with Crippen LogP contribution in [0, 0.1) is 11.2 Å². The molecular formula is C14H18FNO4S. The van der Waals surface area contributed by atoms with E-state index < -0.39 is 26.7 Å². The highest BCUT2D eigenvalue weighted by molar-refractivity contribution is 7.89. The van der Waals surface area contributed by atoms with Crippen LogP contribution in [0.2, 0.25) is 0 Å². The number of hydrogen-bond donors (Lipinski definition) is 2. The summed E-state index contributed by atoms with van der Waals surface area (Å²) in [6.07, 6.45) is 2.53. The molecule has 0 heterocycles. The Hall–Kier alpha value is -1.47. The van der Waals surface area contributed by atoms with Crippen molar-refractivity contribution in [1.82, 2.24) is 4.72 Å². The number of carbonyl (C=O) groups is 1. The van der Waals surface area contributed by atoms with Gasteiger partial charge >= 0.3 is 5.97 Å². The van der Waals surface area contributed by atoms with Gasteiger partial charge in [0.2, 0.25) is 10.0 Å². The van der Waals surface area contributed by atoms with Crippen molar-refractivity contribution in [1.29, 1.82) is 0 Å². The third-order valence-electron chi connectivity index (χ3n) is 4.02. The molecule has 2 rings (SSSR count). The number of rotatable bonds is 4. The third kappa shape index (κ3) is 3.24. The van der Waals surface area contributed by atoms with Crippen LogP contribution < -0.4 is 4.72 Å². The van der Waals surface area contributed by atoms with E-state index >= 15 is 0 Å². The quantitative estimate of drug-likeness (QED) is 0.893. The fraction of sp³-hybridized carbons (Fsp3) is 0.500. The standard InChI is InChI=1S/C14H18FNO4S/c1-14(2)7-3-4-12(14)16-21(19,20)11-6-5-9(13(17)18)8-10(11)15/h5-6,8,12,16H,3-4,7H2,1-2H3,(H,17,18). The van der Waals surface area contributed by atoms with Crippen molar-refractivity contribution in [2.75, 3.05) is 0 Å². The zero-order valence-electron chi connectivity index (χ0n) is 11.9. The van der Waals surface area contributed by atoms with Crippen molar-refractivity contribution in [3.8, 4) is 0 Å². The van der Waals surface area contributed by atoms with Crippen molar-refractivity contribution in [2.24, 2.45) is 5.41 Å². The Morgan fingerprint density at radius 3 is 2.57 bits per heavy atom. The second-order valence-corrected chi connectivity index (χ2v) is 7.69. The molecule has 0 saturated heterocycles. The van der Waals surface area contributed by atoms with Gasteiger partial charge in [0.25, 0.3) is 0 Å². The molecule has 1 aromatic rings. The average Bonchev–Trinajstić information content (AvgIpc) is 2.67. The minimum atomic E-state index is -4.01. The van der Waals surface area contributed by atoms with Gasteiger partial charge in [0.15, 0.2) is 0 Å². The van der Waals surface area contributed by atoms with E-state index in [0.29, 0.717) is 6.42 Å². The molecule has 2 N–H and O–H groups in total. The fourth-order valence-electron chi connectivity index (χ4n) is 2.65. The van der Waals surface area contributed by atoms with Crippen LogP contribution in [0.1, 0.15) is 43.5 Å². The zero-order chi connectivity index (χ0) is 15.8. The topological polar surface area (TPSA) is 83.5 Å². The summed E-state index contributed by atoms with van der Waals surface area (Å²) in [7, 11) is -4.01. The number of sulfonamides is 1. The highest BCUT2D eigenvalue weighted by atomic mass is 32.2. The highest BCUT2D eigenvalue weighted by Gasteiger charge is 2.37. The number of aromatic carboxylic acids is 1. The largest absolute Gasteiger partial charge is 0.478 e. The number of carboxylic acids is 1. The molecule has 1 unspecified atom stereocenters. The van der Waals surface area contributed by atoms with Crippen molar-refractivity contribution in [2.45, 2.75) is 44.0 Å². The van der Waals surface area contributed by atoms with Gasteiger partial charge in [-0.15, -0.1) is 0 Å². The zero-order valence-corrected chi connectivity index (χ0v) is 12.7. The van der Waals surface area contributed by atoms with Crippen LogP contribution in [-0.2, 0) is 10.0 Å². The summed E-state index contributed by atoms with van der Waals surface area (Å²) in [6.45, 7) is 3.94.